The summed E-state index contributed by atoms with van der Waals surface area (Å²) in [6, 6.07) is 2.92. The highest BCUT2D eigenvalue weighted by Crippen LogP contribution is 2.27. The molecule has 0 unspecified atom stereocenters. The summed E-state index contributed by atoms with van der Waals surface area (Å²) in [6.07, 6.45) is 6.71. The van der Waals surface area contributed by atoms with Crippen LogP contribution in [-0.4, -0.2) is 30.7 Å². The average Bonchev–Trinajstić information content (AvgIpc) is 2.63. The van der Waals surface area contributed by atoms with Crippen LogP contribution in [0.15, 0.2) is 23.2 Å². The predicted octanol–water partition coefficient (Wildman–Crippen LogP) is 1.03. The number of nitrogens with one attached hydrogen (secondary N) is 1. The summed E-state index contributed by atoms with van der Waals surface area (Å²) in [4.78, 5) is 3.72. The Bertz CT molecular complexity index is 552. The van der Waals surface area contributed by atoms with Crippen LogP contribution in [0.4, 0.5) is 5.82 Å². The van der Waals surface area contributed by atoms with Gasteiger partial charge in [-0.05, 0) is 25.0 Å². The number of hydrogen-bond donors (Lipinski definition) is 3. The van der Waals surface area contributed by atoms with Gasteiger partial charge in [-0.25, -0.2) is 18.1 Å². The Balaban J connectivity index is 2.07. The molecule has 0 atom stereocenters. The highest BCUT2D eigenvalue weighted by Gasteiger charge is 2.30. The van der Waals surface area contributed by atoms with Crippen LogP contribution in [0.3, 0.4) is 0 Å². The molecular weight excluding hydrogens is 278 g/mol. The van der Waals surface area contributed by atoms with Crippen LogP contribution in [-0.2, 0) is 10.0 Å². The van der Waals surface area contributed by atoms with Gasteiger partial charge in [0.25, 0.3) is 0 Å². The molecule has 0 aliphatic heterocycles. The van der Waals surface area contributed by atoms with Crippen LogP contribution in [0.2, 0.25) is 0 Å². The van der Waals surface area contributed by atoms with Crippen LogP contribution in [0.25, 0.3) is 0 Å². The molecule has 1 fully saturated rings. The molecular formula is C13H21N3O3S. The monoisotopic (exact) mass is 299 g/mol. The molecule has 112 valence electrons. The molecule has 0 spiro atoms. The van der Waals surface area contributed by atoms with Gasteiger partial charge in [-0.3, -0.25) is 0 Å². The van der Waals surface area contributed by atoms with E-state index in [2.05, 4.69) is 9.71 Å². The Morgan fingerprint density at radius 3 is 2.55 bits per heavy atom. The van der Waals surface area contributed by atoms with Gasteiger partial charge in [0.2, 0.25) is 10.0 Å². The van der Waals surface area contributed by atoms with Crippen molar-refractivity contribution in [3.63, 3.8) is 0 Å². The van der Waals surface area contributed by atoms with E-state index in [1.165, 1.54) is 18.3 Å². The fraction of sp³-hybridized carbons (Fsp3) is 0.615. The Hall–Kier alpha value is -1.18. The number of nitrogens with zero attached hydrogens (tertiary/aromatic N) is 1. The van der Waals surface area contributed by atoms with E-state index in [1.807, 2.05) is 0 Å². The van der Waals surface area contributed by atoms with Crippen molar-refractivity contribution in [2.24, 2.45) is 0 Å². The van der Waals surface area contributed by atoms with Crippen molar-refractivity contribution in [3.05, 3.63) is 18.3 Å². The summed E-state index contributed by atoms with van der Waals surface area (Å²) < 4.78 is 26.8. The lowest BCUT2D eigenvalue weighted by Crippen LogP contribution is -2.42. The lowest BCUT2D eigenvalue weighted by molar-refractivity contribution is 0.0303. The molecule has 7 heteroatoms. The standard InChI is InChI=1S/C13H21N3O3S/c14-12-11(6-5-9-15-12)20(18,19)16-10-13(17)7-3-1-2-4-8-13/h5-6,9,16-17H,1-4,7-8,10H2,(H2,14,15). The average molecular weight is 299 g/mol. The van der Waals surface area contributed by atoms with Crippen LogP contribution >= 0.6 is 0 Å². The van der Waals surface area contributed by atoms with Crippen LogP contribution in [0, 0.1) is 0 Å². The van der Waals surface area contributed by atoms with Gasteiger partial charge >= 0.3 is 0 Å². The maximum Gasteiger partial charge on any atom is 0.244 e. The largest absolute Gasteiger partial charge is 0.389 e. The normalized spacial score (nSPS) is 19.4. The van der Waals surface area contributed by atoms with E-state index in [1.54, 1.807) is 0 Å². The van der Waals surface area contributed by atoms with Crippen LogP contribution in [0.5, 0.6) is 0 Å². The molecule has 4 N–H and O–H groups in total. The van der Waals surface area contributed by atoms with E-state index in [4.69, 9.17) is 5.73 Å². The second-order valence-corrected chi connectivity index (χ2v) is 7.09. The zero-order valence-electron chi connectivity index (χ0n) is 11.4. The summed E-state index contributed by atoms with van der Waals surface area (Å²) in [6.45, 7) is 0.0175. The lowest BCUT2D eigenvalue weighted by Gasteiger charge is -2.26. The highest BCUT2D eigenvalue weighted by atomic mass is 32.2. The minimum absolute atomic E-state index is 0.0175. The number of anilines is 1. The number of pyridine rings is 1. The Morgan fingerprint density at radius 2 is 1.95 bits per heavy atom. The van der Waals surface area contributed by atoms with E-state index in [-0.39, 0.29) is 17.3 Å². The van der Waals surface area contributed by atoms with Gasteiger partial charge in [0.1, 0.15) is 10.7 Å². The molecule has 2 rings (SSSR count). The summed E-state index contributed by atoms with van der Waals surface area (Å²) in [7, 11) is -3.74. The zero-order valence-corrected chi connectivity index (χ0v) is 12.2. The number of nitrogen functional groups attached to an aromatic ring is 1. The van der Waals surface area contributed by atoms with Crippen molar-refractivity contribution in [1.29, 1.82) is 0 Å². The second kappa shape index (κ2) is 6.07. The van der Waals surface area contributed by atoms with Gasteiger partial charge in [0.15, 0.2) is 0 Å². The third kappa shape index (κ3) is 3.68. The van der Waals surface area contributed by atoms with Crippen molar-refractivity contribution in [2.75, 3.05) is 12.3 Å². The smallest absolute Gasteiger partial charge is 0.244 e. The van der Waals surface area contributed by atoms with Crippen LogP contribution in [0.1, 0.15) is 38.5 Å². The predicted molar refractivity (Wildman–Crippen MR) is 76.5 cm³/mol. The summed E-state index contributed by atoms with van der Waals surface area (Å²) in [5.74, 6) is -0.0344. The first-order chi connectivity index (χ1) is 9.43. The fourth-order valence-corrected chi connectivity index (χ4v) is 3.70. The number of aromatic nitrogens is 1. The Morgan fingerprint density at radius 1 is 1.30 bits per heavy atom. The third-order valence-corrected chi connectivity index (χ3v) is 5.16. The zero-order chi connectivity index (χ0) is 14.6. The number of hydrogen-bond acceptors (Lipinski definition) is 5. The molecule has 0 bridgehead atoms. The first-order valence-electron chi connectivity index (χ1n) is 6.86. The molecule has 0 aromatic carbocycles. The van der Waals surface area contributed by atoms with E-state index in [0.717, 1.165) is 25.7 Å². The molecule has 0 amide bonds. The first kappa shape index (κ1) is 15.2. The van der Waals surface area contributed by atoms with Gasteiger partial charge in [-0.1, -0.05) is 25.7 Å². The van der Waals surface area contributed by atoms with Crippen LogP contribution < -0.4 is 10.5 Å². The number of nitrogens with two attached hydrogens (primary N) is 1. The Kier molecular flexibility index (Phi) is 4.62. The third-order valence-electron chi connectivity index (χ3n) is 3.71. The first-order valence-corrected chi connectivity index (χ1v) is 8.34. The number of sulfonamides is 1. The molecule has 1 aliphatic rings. The Labute approximate surface area is 119 Å². The summed E-state index contributed by atoms with van der Waals surface area (Å²) in [5, 5.41) is 10.5. The second-order valence-electron chi connectivity index (χ2n) is 5.35. The van der Waals surface area contributed by atoms with E-state index < -0.39 is 15.6 Å². The molecule has 0 radical (unpaired) electrons. The lowest BCUT2D eigenvalue weighted by atomic mass is 9.95. The molecule has 0 saturated heterocycles. The van der Waals surface area contributed by atoms with Gasteiger partial charge < -0.3 is 10.8 Å². The van der Waals surface area contributed by atoms with Gasteiger partial charge in [0, 0.05) is 12.7 Å². The minimum atomic E-state index is -3.74. The van der Waals surface area contributed by atoms with Gasteiger partial charge in [-0.15, -0.1) is 0 Å². The highest BCUT2D eigenvalue weighted by molar-refractivity contribution is 7.89. The van der Waals surface area contributed by atoms with Crippen molar-refractivity contribution in [1.82, 2.24) is 9.71 Å². The van der Waals surface area contributed by atoms with Crippen molar-refractivity contribution in [3.8, 4) is 0 Å². The number of rotatable bonds is 4. The summed E-state index contributed by atoms with van der Waals surface area (Å²) >= 11 is 0. The molecule has 20 heavy (non-hydrogen) atoms. The van der Waals surface area contributed by atoms with Gasteiger partial charge in [0.05, 0.1) is 5.60 Å². The molecule has 1 aromatic rings. The molecule has 1 heterocycles. The maximum atomic E-state index is 12.2. The SMILES string of the molecule is Nc1ncccc1S(=O)(=O)NCC1(O)CCCCCC1. The maximum absolute atomic E-state index is 12.2. The van der Waals surface area contributed by atoms with Gasteiger partial charge in [-0.2, -0.15) is 0 Å². The molecule has 1 aromatic heterocycles. The molecule has 1 saturated carbocycles. The topological polar surface area (TPSA) is 105 Å². The summed E-state index contributed by atoms with van der Waals surface area (Å²) in [5.41, 5.74) is 4.62. The van der Waals surface area contributed by atoms with E-state index >= 15 is 0 Å². The fourth-order valence-electron chi connectivity index (χ4n) is 2.50. The molecule has 6 nitrogen and oxygen atoms in total. The number of aliphatic hydroxyl groups is 1. The van der Waals surface area contributed by atoms with Crippen molar-refractivity contribution in [2.45, 2.75) is 49.0 Å². The van der Waals surface area contributed by atoms with Crippen molar-refractivity contribution < 1.29 is 13.5 Å². The molecule has 1 aliphatic carbocycles. The van der Waals surface area contributed by atoms with E-state index in [9.17, 15) is 13.5 Å². The minimum Gasteiger partial charge on any atom is -0.389 e. The van der Waals surface area contributed by atoms with Crippen molar-refractivity contribution >= 4 is 15.8 Å². The quantitative estimate of drug-likeness (QED) is 0.720. The van der Waals surface area contributed by atoms with E-state index in [0.29, 0.717) is 12.8 Å².